The van der Waals surface area contributed by atoms with Crippen LogP contribution in [0.4, 0.5) is 5.69 Å². The van der Waals surface area contributed by atoms with Crippen molar-refractivity contribution < 1.29 is 0 Å². The summed E-state index contributed by atoms with van der Waals surface area (Å²) in [5.74, 6) is 0.437. The number of nitrogens with one attached hydrogen (secondary N) is 1. The molecule has 0 aliphatic carbocycles. The van der Waals surface area contributed by atoms with Crippen LogP contribution < -0.4 is 5.43 Å². The number of aryl methyl sites for hydroxylation is 1. The highest BCUT2D eigenvalue weighted by atomic mass is 35.5. The lowest BCUT2D eigenvalue weighted by atomic mass is 10.3. The second-order valence-corrected chi connectivity index (χ2v) is 6.16. The van der Waals surface area contributed by atoms with Gasteiger partial charge >= 0.3 is 0 Å². The van der Waals surface area contributed by atoms with E-state index in [2.05, 4.69) is 15.5 Å². The molecule has 0 aliphatic heterocycles. The fraction of sp³-hybridized carbons (Fsp3) is 0.0625. The van der Waals surface area contributed by atoms with E-state index in [0.717, 1.165) is 11.0 Å². The van der Waals surface area contributed by atoms with Gasteiger partial charge in [0.2, 0.25) is 5.71 Å². The monoisotopic (exact) mass is 377 g/mol. The molecule has 0 aliphatic rings. The Kier molecular flexibility index (Phi) is 4.63. The van der Waals surface area contributed by atoms with Crippen molar-refractivity contribution >= 4 is 57.2 Å². The SMILES string of the molecule is Cn1c(C(C#N)=NNc2c(Cl)cc(Cl)cc2Cl)nc2ccccc21. The summed E-state index contributed by atoms with van der Waals surface area (Å²) in [7, 11) is 1.82. The molecule has 0 spiro atoms. The number of nitriles is 1. The number of hydrazone groups is 1. The predicted octanol–water partition coefficient (Wildman–Crippen LogP) is 4.87. The van der Waals surface area contributed by atoms with Crippen LogP contribution in [0.25, 0.3) is 11.0 Å². The minimum absolute atomic E-state index is 0.107. The predicted molar refractivity (Wildman–Crippen MR) is 98.0 cm³/mol. The third-order valence-electron chi connectivity index (χ3n) is 3.39. The van der Waals surface area contributed by atoms with Crippen molar-refractivity contribution in [1.82, 2.24) is 9.55 Å². The van der Waals surface area contributed by atoms with Gasteiger partial charge in [0.15, 0.2) is 5.82 Å². The van der Waals surface area contributed by atoms with E-state index in [-0.39, 0.29) is 5.71 Å². The molecule has 5 nitrogen and oxygen atoms in total. The fourth-order valence-corrected chi connectivity index (χ4v) is 3.14. The Bertz CT molecular complexity index is 978. The van der Waals surface area contributed by atoms with Gasteiger partial charge in [-0.15, -0.1) is 0 Å². The zero-order valence-corrected chi connectivity index (χ0v) is 14.7. The normalized spacial score (nSPS) is 11.5. The molecule has 0 radical (unpaired) electrons. The number of hydrogen-bond acceptors (Lipinski definition) is 4. The van der Waals surface area contributed by atoms with Gasteiger partial charge in [-0.1, -0.05) is 46.9 Å². The van der Waals surface area contributed by atoms with Gasteiger partial charge in [0.05, 0.1) is 26.8 Å². The average Bonchev–Trinajstić information content (AvgIpc) is 2.87. The standard InChI is InChI=1S/C16H10Cl3N5/c1-24-14-5-3-2-4-12(14)21-16(24)13(8-20)22-23-15-10(18)6-9(17)7-11(15)19/h2-7,23H,1H3. The number of rotatable bonds is 3. The van der Waals surface area contributed by atoms with E-state index < -0.39 is 0 Å². The minimum atomic E-state index is 0.107. The van der Waals surface area contributed by atoms with E-state index in [1.807, 2.05) is 37.4 Å². The molecule has 0 bridgehead atoms. The van der Waals surface area contributed by atoms with Crippen molar-refractivity contribution in [3.8, 4) is 6.07 Å². The van der Waals surface area contributed by atoms with Crippen molar-refractivity contribution in [3.63, 3.8) is 0 Å². The lowest BCUT2D eigenvalue weighted by Crippen LogP contribution is -2.09. The summed E-state index contributed by atoms with van der Waals surface area (Å²) >= 11 is 18.1. The Morgan fingerprint density at radius 2 is 1.88 bits per heavy atom. The van der Waals surface area contributed by atoms with Crippen LogP contribution in [0.5, 0.6) is 0 Å². The van der Waals surface area contributed by atoms with Crippen LogP contribution in [-0.2, 0) is 7.05 Å². The number of anilines is 1. The van der Waals surface area contributed by atoms with E-state index in [1.54, 1.807) is 4.57 Å². The second-order valence-electron chi connectivity index (χ2n) is 4.91. The van der Waals surface area contributed by atoms with Gasteiger partial charge in [0, 0.05) is 12.1 Å². The van der Waals surface area contributed by atoms with Gasteiger partial charge in [-0.25, -0.2) is 4.98 Å². The van der Waals surface area contributed by atoms with Crippen LogP contribution in [0.3, 0.4) is 0 Å². The molecule has 1 N–H and O–H groups in total. The molecule has 3 aromatic rings. The Labute approximate surface area is 153 Å². The Hall–Kier alpha value is -2.26. The number of halogens is 3. The molecule has 0 fully saturated rings. The summed E-state index contributed by atoms with van der Waals surface area (Å²) in [6.07, 6.45) is 0. The number of hydrogen-bond donors (Lipinski definition) is 1. The third-order valence-corrected chi connectivity index (χ3v) is 4.21. The number of imidazole rings is 1. The lowest BCUT2D eigenvalue weighted by Gasteiger charge is -2.07. The smallest absolute Gasteiger partial charge is 0.203 e. The van der Waals surface area contributed by atoms with Crippen molar-refractivity contribution in [2.45, 2.75) is 0 Å². The van der Waals surface area contributed by atoms with E-state index >= 15 is 0 Å². The zero-order valence-electron chi connectivity index (χ0n) is 12.4. The van der Waals surface area contributed by atoms with Gasteiger partial charge in [-0.3, -0.25) is 5.43 Å². The van der Waals surface area contributed by atoms with Gasteiger partial charge in [0.1, 0.15) is 6.07 Å². The van der Waals surface area contributed by atoms with Crippen LogP contribution in [-0.4, -0.2) is 15.3 Å². The molecule has 2 aromatic carbocycles. The van der Waals surface area contributed by atoms with E-state index in [9.17, 15) is 5.26 Å². The highest BCUT2D eigenvalue weighted by Crippen LogP contribution is 2.33. The van der Waals surface area contributed by atoms with Crippen molar-refractivity contribution in [1.29, 1.82) is 5.26 Å². The van der Waals surface area contributed by atoms with Crippen molar-refractivity contribution in [3.05, 3.63) is 57.3 Å². The van der Waals surface area contributed by atoms with Crippen LogP contribution >= 0.6 is 34.8 Å². The van der Waals surface area contributed by atoms with Crippen LogP contribution in [0.1, 0.15) is 5.82 Å². The summed E-state index contributed by atoms with van der Waals surface area (Å²) < 4.78 is 1.80. The average molecular weight is 379 g/mol. The summed E-state index contributed by atoms with van der Waals surface area (Å²) in [6, 6.07) is 12.7. The molecule has 0 saturated carbocycles. The lowest BCUT2D eigenvalue weighted by molar-refractivity contribution is 0.930. The molecule has 0 atom stereocenters. The van der Waals surface area contributed by atoms with Gasteiger partial charge in [-0.2, -0.15) is 10.4 Å². The van der Waals surface area contributed by atoms with Crippen LogP contribution in [0, 0.1) is 11.3 Å². The topological polar surface area (TPSA) is 66.0 Å². The minimum Gasteiger partial charge on any atom is -0.325 e. The first kappa shape index (κ1) is 16.6. The van der Waals surface area contributed by atoms with E-state index in [1.165, 1.54) is 12.1 Å². The Morgan fingerprint density at radius 1 is 1.21 bits per heavy atom. The van der Waals surface area contributed by atoms with Gasteiger partial charge in [0.25, 0.3) is 0 Å². The molecule has 0 saturated heterocycles. The maximum absolute atomic E-state index is 9.43. The number of fused-ring (bicyclic) bond motifs is 1. The van der Waals surface area contributed by atoms with E-state index in [4.69, 9.17) is 34.8 Å². The molecule has 120 valence electrons. The second kappa shape index (κ2) is 6.70. The first-order valence-electron chi connectivity index (χ1n) is 6.81. The quantitative estimate of drug-likeness (QED) is 0.522. The molecule has 0 unspecified atom stereocenters. The van der Waals surface area contributed by atoms with Crippen LogP contribution in [0.15, 0.2) is 41.5 Å². The maximum atomic E-state index is 9.43. The zero-order chi connectivity index (χ0) is 17.3. The highest BCUT2D eigenvalue weighted by molar-refractivity contribution is 6.41. The fourth-order valence-electron chi connectivity index (χ4n) is 2.24. The van der Waals surface area contributed by atoms with Crippen molar-refractivity contribution in [2.75, 3.05) is 5.43 Å². The number of aromatic nitrogens is 2. The summed E-state index contributed by atoms with van der Waals surface area (Å²) in [5, 5.41) is 14.5. The highest BCUT2D eigenvalue weighted by Gasteiger charge is 2.14. The number of nitrogens with zero attached hydrogens (tertiary/aromatic N) is 4. The van der Waals surface area contributed by atoms with Crippen molar-refractivity contribution in [2.24, 2.45) is 12.1 Å². The largest absolute Gasteiger partial charge is 0.325 e. The van der Waals surface area contributed by atoms with E-state index in [0.29, 0.717) is 26.6 Å². The molecule has 3 rings (SSSR count). The first-order chi connectivity index (χ1) is 11.5. The number of para-hydroxylation sites is 2. The Balaban J connectivity index is 2.01. The summed E-state index contributed by atoms with van der Waals surface area (Å²) in [6.45, 7) is 0. The molecule has 0 amide bonds. The van der Waals surface area contributed by atoms with Crippen LogP contribution in [0.2, 0.25) is 15.1 Å². The summed E-state index contributed by atoms with van der Waals surface area (Å²) in [4.78, 5) is 4.44. The molecule has 1 aromatic heterocycles. The molecule has 8 heteroatoms. The molecular weight excluding hydrogens is 369 g/mol. The third kappa shape index (κ3) is 3.04. The van der Waals surface area contributed by atoms with Gasteiger partial charge < -0.3 is 4.57 Å². The molecule has 24 heavy (non-hydrogen) atoms. The molecular formula is C16H10Cl3N5. The first-order valence-corrected chi connectivity index (χ1v) is 7.95. The summed E-state index contributed by atoms with van der Waals surface area (Å²) in [5.41, 5.74) is 4.88. The Morgan fingerprint density at radius 3 is 2.50 bits per heavy atom. The van der Waals surface area contributed by atoms with Gasteiger partial charge in [-0.05, 0) is 24.3 Å². The maximum Gasteiger partial charge on any atom is 0.203 e. The number of benzene rings is 2. The molecule has 1 heterocycles.